The molecule has 106 valence electrons. The Morgan fingerprint density at radius 2 is 1.67 bits per heavy atom. The Balaban J connectivity index is 2.29. The van der Waals surface area contributed by atoms with Crippen LogP contribution in [0.15, 0.2) is 36.4 Å². The Labute approximate surface area is 119 Å². The second kappa shape index (κ2) is 4.82. The van der Waals surface area contributed by atoms with Gasteiger partial charge in [0.1, 0.15) is 5.56 Å². The van der Waals surface area contributed by atoms with Gasteiger partial charge in [-0.2, -0.15) is 0 Å². The highest BCUT2D eigenvalue weighted by Crippen LogP contribution is 2.41. The lowest BCUT2D eigenvalue weighted by molar-refractivity contribution is 0.0681. The molecule has 3 rings (SSSR count). The summed E-state index contributed by atoms with van der Waals surface area (Å²) in [5.41, 5.74) is 0.531. The minimum absolute atomic E-state index is 0.0267. The van der Waals surface area contributed by atoms with Crippen molar-refractivity contribution in [2.75, 3.05) is 6.79 Å². The molecule has 0 aliphatic carbocycles. The number of hydrogen-bond acceptors (Lipinski definition) is 4. The molecule has 0 radical (unpaired) electrons. The molecular weight excluding hydrogens is 276 g/mol. The van der Waals surface area contributed by atoms with Crippen LogP contribution >= 0.6 is 0 Å². The van der Waals surface area contributed by atoms with Gasteiger partial charge in [-0.3, -0.25) is 0 Å². The largest absolute Gasteiger partial charge is 0.478 e. The molecule has 0 amide bonds. The number of carboxylic acids is 2. The lowest BCUT2D eigenvalue weighted by Gasteiger charge is -2.11. The summed E-state index contributed by atoms with van der Waals surface area (Å²) >= 11 is 0. The number of aromatic carboxylic acids is 2. The molecule has 0 unspecified atom stereocenters. The number of hydrogen-bond donors (Lipinski definition) is 2. The van der Waals surface area contributed by atoms with Crippen molar-refractivity contribution in [2.24, 2.45) is 0 Å². The molecular formula is C15H10O6. The third-order valence-electron chi connectivity index (χ3n) is 3.20. The van der Waals surface area contributed by atoms with Crippen molar-refractivity contribution >= 4 is 11.9 Å². The molecule has 0 fully saturated rings. The van der Waals surface area contributed by atoms with E-state index in [2.05, 4.69) is 0 Å². The first-order chi connectivity index (χ1) is 10.1. The highest BCUT2D eigenvalue weighted by Gasteiger charge is 2.27. The molecule has 0 atom stereocenters. The molecule has 1 aliphatic rings. The zero-order chi connectivity index (χ0) is 15.0. The van der Waals surface area contributed by atoms with Crippen LogP contribution in [0.4, 0.5) is 0 Å². The molecule has 0 saturated heterocycles. The van der Waals surface area contributed by atoms with Crippen molar-refractivity contribution in [2.45, 2.75) is 0 Å². The minimum atomic E-state index is -1.20. The smallest absolute Gasteiger partial charge is 0.340 e. The lowest BCUT2D eigenvalue weighted by Crippen LogP contribution is -2.05. The maximum Gasteiger partial charge on any atom is 0.340 e. The standard InChI is InChI=1S/C15H10O6/c16-14(17)10-4-2-1-3-8(10)9-5-6-11-13(21-7-20-11)12(9)15(18)19/h1-6H,7H2,(H,16,17)(H,18,19). The summed E-state index contributed by atoms with van der Waals surface area (Å²) in [4.78, 5) is 22.9. The van der Waals surface area contributed by atoms with Gasteiger partial charge in [0.2, 0.25) is 6.79 Å². The average molecular weight is 286 g/mol. The molecule has 6 heteroatoms. The second-order valence-electron chi connectivity index (χ2n) is 4.38. The van der Waals surface area contributed by atoms with Crippen molar-refractivity contribution in [1.82, 2.24) is 0 Å². The van der Waals surface area contributed by atoms with Crippen molar-refractivity contribution in [1.29, 1.82) is 0 Å². The molecule has 0 spiro atoms. The highest BCUT2D eigenvalue weighted by molar-refractivity contribution is 6.04. The molecule has 0 aromatic heterocycles. The fraction of sp³-hybridized carbons (Fsp3) is 0.0667. The Bertz CT molecular complexity index is 750. The zero-order valence-corrected chi connectivity index (χ0v) is 10.7. The van der Waals surface area contributed by atoms with E-state index in [1.807, 2.05) is 0 Å². The van der Waals surface area contributed by atoms with Gasteiger partial charge < -0.3 is 19.7 Å². The van der Waals surface area contributed by atoms with E-state index in [4.69, 9.17) is 9.47 Å². The normalized spacial score (nSPS) is 12.2. The van der Waals surface area contributed by atoms with Gasteiger partial charge in [-0.15, -0.1) is 0 Å². The quantitative estimate of drug-likeness (QED) is 0.900. The average Bonchev–Trinajstić information content (AvgIpc) is 2.94. The molecule has 0 saturated carbocycles. The predicted octanol–water partition coefficient (Wildman–Crippen LogP) is 2.48. The monoisotopic (exact) mass is 286 g/mol. The molecule has 6 nitrogen and oxygen atoms in total. The van der Waals surface area contributed by atoms with E-state index in [0.717, 1.165) is 0 Å². The number of rotatable bonds is 3. The maximum atomic E-state index is 11.6. The van der Waals surface area contributed by atoms with E-state index in [1.54, 1.807) is 24.3 Å². The summed E-state index contributed by atoms with van der Waals surface area (Å²) in [6.07, 6.45) is 0. The van der Waals surface area contributed by atoms with Gasteiger partial charge >= 0.3 is 11.9 Å². The van der Waals surface area contributed by atoms with Crippen LogP contribution in [0.1, 0.15) is 20.7 Å². The summed E-state index contributed by atoms with van der Waals surface area (Å²) < 4.78 is 10.4. The topological polar surface area (TPSA) is 93.1 Å². The van der Waals surface area contributed by atoms with Crippen LogP contribution in [-0.2, 0) is 0 Å². The van der Waals surface area contributed by atoms with E-state index < -0.39 is 11.9 Å². The molecule has 2 N–H and O–H groups in total. The van der Waals surface area contributed by atoms with E-state index in [-0.39, 0.29) is 29.2 Å². The van der Waals surface area contributed by atoms with Crippen LogP contribution in [0.2, 0.25) is 0 Å². The third kappa shape index (κ3) is 2.06. The molecule has 1 aliphatic heterocycles. The van der Waals surface area contributed by atoms with Gasteiger partial charge in [-0.25, -0.2) is 9.59 Å². The number of fused-ring (bicyclic) bond motifs is 1. The molecule has 2 aromatic carbocycles. The van der Waals surface area contributed by atoms with Crippen molar-refractivity contribution in [3.63, 3.8) is 0 Å². The minimum Gasteiger partial charge on any atom is -0.478 e. The van der Waals surface area contributed by atoms with Gasteiger partial charge in [0.05, 0.1) is 5.56 Å². The van der Waals surface area contributed by atoms with E-state index in [9.17, 15) is 19.8 Å². The third-order valence-corrected chi connectivity index (χ3v) is 3.20. The van der Waals surface area contributed by atoms with Gasteiger partial charge in [0.15, 0.2) is 11.5 Å². The van der Waals surface area contributed by atoms with Crippen LogP contribution in [0.3, 0.4) is 0 Å². The predicted molar refractivity (Wildman–Crippen MR) is 71.9 cm³/mol. The summed E-state index contributed by atoms with van der Waals surface area (Å²) in [7, 11) is 0. The Kier molecular flexibility index (Phi) is 2.98. The zero-order valence-electron chi connectivity index (χ0n) is 10.7. The Morgan fingerprint density at radius 3 is 2.38 bits per heavy atom. The van der Waals surface area contributed by atoms with Gasteiger partial charge in [-0.05, 0) is 23.8 Å². The van der Waals surface area contributed by atoms with Crippen LogP contribution in [0.25, 0.3) is 11.1 Å². The fourth-order valence-electron chi connectivity index (χ4n) is 2.31. The molecule has 0 bridgehead atoms. The van der Waals surface area contributed by atoms with E-state index in [0.29, 0.717) is 11.3 Å². The molecule has 2 aromatic rings. The molecule has 21 heavy (non-hydrogen) atoms. The highest BCUT2D eigenvalue weighted by atomic mass is 16.7. The SMILES string of the molecule is O=C(O)c1ccccc1-c1ccc2c(c1C(=O)O)OCO2. The van der Waals surface area contributed by atoms with Crippen LogP contribution in [0, 0.1) is 0 Å². The number of carbonyl (C=O) groups is 2. The Hall–Kier alpha value is -3.02. The number of ether oxygens (including phenoxy) is 2. The van der Waals surface area contributed by atoms with Crippen LogP contribution < -0.4 is 9.47 Å². The summed E-state index contributed by atoms with van der Waals surface area (Å²) in [6, 6.07) is 9.32. The van der Waals surface area contributed by atoms with E-state index in [1.165, 1.54) is 12.1 Å². The summed E-state index contributed by atoms with van der Waals surface area (Å²) in [6.45, 7) is -0.0559. The number of carboxylic acid groups (broad SMARTS) is 2. The van der Waals surface area contributed by atoms with Crippen molar-refractivity contribution in [3.05, 3.63) is 47.5 Å². The summed E-state index contributed by atoms with van der Waals surface area (Å²) in [5, 5.41) is 18.7. The van der Waals surface area contributed by atoms with Gasteiger partial charge in [0, 0.05) is 5.56 Å². The Morgan fingerprint density at radius 1 is 0.905 bits per heavy atom. The van der Waals surface area contributed by atoms with Crippen molar-refractivity contribution < 1.29 is 29.3 Å². The number of benzene rings is 2. The molecule has 1 heterocycles. The van der Waals surface area contributed by atoms with Crippen LogP contribution in [-0.4, -0.2) is 28.9 Å². The first-order valence-electron chi connectivity index (χ1n) is 6.08. The van der Waals surface area contributed by atoms with Crippen LogP contribution in [0.5, 0.6) is 11.5 Å². The first kappa shape index (κ1) is 13.0. The van der Waals surface area contributed by atoms with Gasteiger partial charge in [-0.1, -0.05) is 18.2 Å². The van der Waals surface area contributed by atoms with E-state index >= 15 is 0 Å². The van der Waals surface area contributed by atoms with Crippen molar-refractivity contribution in [3.8, 4) is 22.6 Å². The first-order valence-corrected chi connectivity index (χ1v) is 6.08. The second-order valence-corrected chi connectivity index (χ2v) is 4.38. The maximum absolute atomic E-state index is 11.6. The lowest BCUT2D eigenvalue weighted by atomic mass is 9.94. The fourth-order valence-corrected chi connectivity index (χ4v) is 2.31. The summed E-state index contributed by atoms with van der Waals surface area (Å²) in [5.74, 6) is -1.86. The van der Waals surface area contributed by atoms with Gasteiger partial charge in [0.25, 0.3) is 0 Å².